The Bertz CT molecular complexity index is 855. The Balaban J connectivity index is 1.44. The lowest BCUT2D eigenvalue weighted by Crippen LogP contribution is -2.52. The summed E-state index contributed by atoms with van der Waals surface area (Å²) in [6, 6.07) is 14.7. The highest BCUT2D eigenvalue weighted by molar-refractivity contribution is 8.00. The molecule has 1 aliphatic heterocycles. The zero-order valence-corrected chi connectivity index (χ0v) is 18.4. The van der Waals surface area contributed by atoms with Gasteiger partial charge < -0.3 is 10.2 Å². The highest BCUT2D eigenvalue weighted by atomic mass is 35.5. The minimum atomic E-state index is -0.175. The molecule has 0 saturated carbocycles. The van der Waals surface area contributed by atoms with Crippen molar-refractivity contribution < 1.29 is 9.59 Å². The van der Waals surface area contributed by atoms with Crippen LogP contribution in [0.3, 0.4) is 0 Å². The zero-order valence-electron chi connectivity index (χ0n) is 16.1. The summed E-state index contributed by atoms with van der Waals surface area (Å²) in [5, 5.41) is 3.86. The van der Waals surface area contributed by atoms with Gasteiger partial charge in [0.15, 0.2) is 0 Å². The number of nitrogens with zero attached hydrogens (tertiary/aromatic N) is 2. The Hall–Kier alpha value is -1.73. The third-order valence-corrected chi connectivity index (χ3v) is 6.35. The number of rotatable bonds is 6. The number of carbonyl (C=O) groups is 2. The van der Waals surface area contributed by atoms with Crippen LogP contribution in [0.15, 0.2) is 53.4 Å². The van der Waals surface area contributed by atoms with Crippen molar-refractivity contribution in [2.45, 2.75) is 17.1 Å². The smallest absolute Gasteiger partial charge is 0.238 e. The summed E-state index contributed by atoms with van der Waals surface area (Å²) < 4.78 is 0. The summed E-state index contributed by atoms with van der Waals surface area (Å²) in [5.74, 6) is 0.00894. The average molecular weight is 452 g/mol. The van der Waals surface area contributed by atoms with Gasteiger partial charge in [0.25, 0.3) is 0 Å². The summed E-state index contributed by atoms with van der Waals surface area (Å²) in [4.78, 5) is 30.0. The van der Waals surface area contributed by atoms with Gasteiger partial charge in [0, 0.05) is 36.1 Å². The van der Waals surface area contributed by atoms with Crippen LogP contribution in [0.25, 0.3) is 0 Å². The fourth-order valence-electron chi connectivity index (χ4n) is 3.11. The summed E-state index contributed by atoms with van der Waals surface area (Å²) >= 11 is 13.5. The topological polar surface area (TPSA) is 52.7 Å². The van der Waals surface area contributed by atoms with Crippen molar-refractivity contribution in [2.75, 3.05) is 38.0 Å². The van der Waals surface area contributed by atoms with Crippen molar-refractivity contribution in [3.05, 3.63) is 58.6 Å². The molecule has 0 aromatic heterocycles. The first kappa shape index (κ1) is 22.0. The molecule has 1 fully saturated rings. The van der Waals surface area contributed by atoms with Crippen LogP contribution in [0.2, 0.25) is 10.0 Å². The summed E-state index contributed by atoms with van der Waals surface area (Å²) in [6.07, 6.45) is 0. The second kappa shape index (κ2) is 10.3. The van der Waals surface area contributed by atoms with Gasteiger partial charge in [0.1, 0.15) is 0 Å². The molecule has 1 heterocycles. The third-order valence-electron chi connectivity index (χ3n) is 4.67. The molecule has 0 aliphatic carbocycles. The fraction of sp³-hybridized carbons (Fsp3) is 0.333. The van der Waals surface area contributed by atoms with Crippen molar-refractivity contribution in [3.8, 4) is 0 Å². The van der Waals surface area contributed by atoms with Gasteiger partial charge in [0.2, 0.25) is 11.8 Å². The molecule has 0 spiro atoms. The molecule has 0 bridgehead atoms. The number of hydrogen-bond acceptors (Lipinski definition) is 4. The number of anilines is 1. The number of nitrogens with one attached hydrogen (secondary N) is 1. The predicted molar refractivity (Wildman–Crippen MR) is 120 cm³/mol. The Kier molecular flexibility index (Phi) is 7.84. The van der Waals surface area contributed by atoms with Crippen molar-refractivity contribution in [1.29, 1.82) is 0 Å². The van der Waals surface area contributed by atoms with E-state index >= 15 is 0 Å². The second-order valence-corrected chi connectivity index (χ2v) is 9.10. The van der Waals surface area contributed by atoms with E-state index in [0.717, 1.165) is 4.90 Å². The van der Waals surface area contributed by atoms with Gasteiger partial charge >= 0.3 is 0 Å². The van der Waals surface area contributed by atoms with E-state index in [2.05, 4.69) is 5.32 Å². The average Bonchev–Trinajstić information content (AvgIpc) is 2.71. The normalized spacial score (nSPS) is 15.8. The number of hydrogen-bond donors (Lipinski definition) is 1. The molecule has 2 aromatic rings. The van der Waals surface area contributed by atoms with Gasteiger partial charge in [-0.05, 0) is 43.3 Å². The quantitative estimate of drug-likeness (QED) is 0.666. The van der Waals surface area contributed by atoms with E-state index in [4.69, 9.17) is 23.2 Å². The Morgan fingerprint density at radius 2 is 1.69 bits per heavy atom. The van der Waals surface area contributed by atoms with Crippen LogP contribution >= 0.6 is 35.0 Å². The van der Waals surface area contributed by atoms with E-state index in [1.165, 1.54) is 11.8 Å². The number of thioether (sulfide) groups is 1. The lowest BCUT2D eigenvalue weighted by atomic mass is 10.2. The molecule has 1 saturated heterocycles. The maximum atomic E-state index is 12.7. The van der Waals surface area contributed by atoms with E-state index in [0.29, 0.717) is 41.9 Å². The molecule has 2 amide bonds. The number of benzene rings is 2. The summed E-state index contributed by atoms with van der Waals surface area (Å²) in [6.45, 7) is 4.76. The van der Waals surface area contributed by atoms with Crippen LogP contribution in [0.4, 0.5) is 5.69 Å². The van der Waals surface area contributed by atoms with Gasteiger partial charge in [-0.3, -0.25) is 14.5 Å². The monoisotopic (exact) mass is 451 g/mol. The molecule has 0 radical (unpaired) electrons. The standard InChI is InChI=1S/C21H23Cl2N3O2S/c1-15(29-17-8-6-16(22)7-9-17)21(28)26-12-10-25(11-13-26)14-20(27)24-19-5-3-2-4-18(19)23/h2-9,15H,10-14H2,1H3,(H,24,27). The van der Waals surface area contributed by atoms with Crippen LogP contribution in [0, 0.1) is 0 Å². The first-order valence-electron chi connectivity index (χ1n) is 9.40. The van der Waals surface area contributed by atoms with Gasteiger partial charge in [-0.1, -0.05) is 35.3 Å². The van der Waals surface area contributed by atoms with Gasteiger partial charge in [0.05, 0.1) is 22.5 Å². The van der Waals surface area contributed by atoms with Crippen molar-refractivity contribution in [3.63, 3.8) is 0 Å². The van der Waals surface area contributed by atoms with Gasteiger partial charge in [-0.15, -0.1) is 11.8 Å². The Morgan fingerprint density at radius 3 is 2.34 bits per heavy atom. The van der Waals surface area contributed by atoms with Crippen LogP contribution in [0.5, 0.6) is 0 Å². The first-order chi connectivity index (χ1) is 13.9. The SMILES string of the molecule is CC(Sc1ccc(Cl)cc1)C(=O)N1CCN(CC(=O)Nc2ccccc2Cl)CC1. The van der Waals surface area contributed by atoms with Crippen molar-refractivity contribution >= 4 is 52.5 Å². The number of piperazine rings is 1. The first-order valence-corrected chi connectivity index (χ1v) is 11.0. The summed E-state index contributed by atoms with van der Waals surface area (Å²) in [7, 11) is 0. The lowest BCUT2D eigenvalue weighted by Gasteiger charge is -2.35. The van der Waals surface area contributed by atoms with Gasteiger partial charge in [-0.25, -0.2) is 0 Å². The molecular formula is C21H23Cl2N3O2S. The molecule has 1 N–H and O–H groups in total. The molecule has 3 rings (SSSR count). The van der Waals surface area contributed by atoms with Crippen molar-refractivity contribution in [1.82, 2.24) is 9.80 Å². The van der Waals surface area contributed by atoms with Crippen LogP contribution in [0.1, 0.15) is 6.92 Å². The highest BCUT2D eigenvalue weighted by Gasteiger charge is 2.26. The predicted octanol–water partition coefficient (Wildman–Crippen LogP) is 4.26. The van der Waals surface area contributed by atoms with E-state index < -0.39 is 0 Å². The number of amides is 2. The van der Waals surface area contributed by atoms with Crippen LogP contribution in [-0.4, -0.2) is 59.6 Å². The molecule has 154 valence electrons. The van der Waals surface area contributed by atoms with Crippen LogP contribution in [-0.2, 0) is 9.59 Å². The van der Waals surface area contributed by atoms with E-state index in [1.807, 2.05) is 53.1 Å². The third kappa shape index (κ3) is 6.37. The summed E-state index contributed by atoms with van der Waals surface area (Å²) in [5.41, 5.74) is 0.612. The molecule has 2 aromatic carbocycles. The van der Waals surface area contributed by atoms with Crippen LogP contribution < -0.4 is 5.32 Å². The molecule has 5 nitrogen and oxygen atoms in total. The Labute approximate surface area is 185 Å². The molecule has 8 heteroatoms. The van der Waals surface area contributed by atoms with E-state index in [-0.39, 0.29) is 23.6 Å². The molecule has 1 atom stereocenters. The van der Waals surface area contributed by atoms with Gasteiger partial charge in [-0.2, -0.15) is 0 Å². The molecule has 29 heavy (non-hydrogen) atoms. The molecule has 1 aliphatic rings. The second-order valence-electron chi connectivity index (χ2n) is 6.84. The minimum Gasteiger partial charge on any atom is -0.339 e. The van der Waals surface area contributed by atoms with Crippen molar-refractivity contribution in [2.24, 2.45) is 0 Å². The molecular weight excluding hydrogens is 429 g/mol. The number of carbonyl (C=O) groups excluding carboxylic acids is 2. The largest absolute Gasteiger partial charge is 0.339 e. The van der Waals surface area contributed by atoms with E-state index in [1.54, 1.807) is 12.1 Å². The highest BCUT2D eigenvalue weighted by Crippen LogP contribution is 2.26. The maximum Gasteiger partial charge on any atom is 0.238 e. The van der Waals surface area contributed by atoms with E-state index in [9.17, 15) is 9.59 Å². The number of para-hydroxylation sites is 1. The minimum absolute atomic E-state index is 0.107. The molecule has 1 unspecified atom stereocenters. The Morgan fingerprint density at radius 1 is 1.03 bits per heavy atom. The fourth-order valence-corrected chi connectivity index (χ4v) is 4.37. The zero-order chi connectivity index (χ0) is 20.8. The maximum absolute atomic E-state index is 12.7. The lowest BCUT2D eigenvalue weighted by molar-refractivity contribution is -0.132. The number of halogens is 2.